The van der Waals surface area contributed by atoms with Gasteiger partial charge in [0, 0.05) is 23.2 Å². The lowest BCUT2D eigenvalue weighted by molar-refractivity contribution is -0.117. The zero-order valence-electron chi connectivity index (χ0n) is 17.6. The van der Waals surface area contributed by atoms with Gasteiger partial charge in [0.15, 0.2) is 0 Å². The number of carbonyl (C=O) groups excluding carboxylic acids is 1. The van der Waals surface area contributed by atoms with E-state index in [-0.39, 0.29) is 11.9 Å². The summed E-state index contributed by atoms with van der Waals surface area (Å²) in [6, 6.07) is 22.0. The molecule has 0 radical (unpaired) electrons. The molecule has 156 valence electrons. The fourth-order valence-corrected chi connectivity index (χ4v) is 3.75. The van der Waals surface area contributed by atoms with Gasteiger partial charge >= 0.3 is 0 Å². The van der Waals surface area contributed by atoms with Crippen LogP contribution in [0.3, 0.4) is 0 Å². The van der Waals surface area contributed by atoms with Gasteiger partial charge in [0.25, 0.3) is 0 Å². The Bertz CT molecular complexity index is 1160. The van der Waals surface area contributed by atoms with E-state index < -0.39 is 0 Å². The maximum absolute atomic E-state index is 12.8. The van der Waals surface area contributed by atoms with Gasteiger partial charge in [-0.1, -0.05) is 48.5 Å². The standard InChI is InChI=1S/C25H25N5O/c1-19-15-22(20(2)30(19)23-11-7-4-8-12-23)13-14-25(31)28-24(16-29-18-26-17-27-29)21-9-5-3-6-10-21/h3-15,17-18,24H,16H2,1-2H3,(H,28,31)/b14-13+. The predicted molar refractivity (Wildman–Crippen MR) is 122 cm³/mol. The van der Waals surface area contributed by atoms with Crippen molar-refractivity contribution in [3.8, 4) is 5.69 Å². The third-order valence-corrected chi connectivity index (χ3v) is 5.25. The molecule has 0 aliphatic rings. The highest BCUT2D eigenvalue weighted by atomic mass is 16.1. The van der Waals surface area contributed by atoms with Gasteiger partial charge in [-0.05, 0) is 49.2 Å². The number of carbonyl (C=O) groups is 1. The molecule has 0 saturated carbocycles. The molecule has 4 rings (SSSR count). The predicted octanol–water partition coefficient (Wildman–Crippen LogP) is 4.26. The second-order valence-electron chi connectivity index (χ2n) is 7.42. The molecule has 6 heteroatoms. The van der Waals surface area contributed by atoms with Gasteiger partial charge in [0.2, 0.25) is 5.91 Å². The molecule has 1 unspecified atom stereocenters. The highest BCUT2D eigenvalue weighted by molar-refractivity contribution is 5.92. The van der Waals surface area contributed by atoms with Gasteiger partial charge in [-0.2, -0.15) is 5.10 Å². The molecular weight excluding hydrogens is 386 g/mol. The maximum atomic E-state index is 12.8. The summed E-state index contributed by atoms with van der Waals surface area (Å²) in [4.78, 5) is 16.7. The van der Waals surface area contributed by atoms with E-state index in [1.807, 2.05) is 54.6 Å². The Morgan fingerprint density at radius 1 is 1.06 bits per heavy atom. The zero-order chi connectivity index (χ0) is 21.6. The Labute approximate surface area is 181 Å². The average molecular weight is 412 g/mol. The van der Waals surface area contributed by atoms with Crippen molar-refractivity contribution in [2.24, 2.45) is 0 Å². The Morgan fingerprint density at radius 3 is 2.45 bits per heavy atom. The molecule has 2 aromatic heterocycles. The number of hydrogen-bond donors (Lipinski definition) is 1. The van der Waals surface area contributed by atoms with Crippen LogP contribution in [0.5, 0.6) is 0 Å². The van der Waals surface area contributed by atoms with Crippen molar-refractivity contribution in [3.05, 3.63) is 108 Å². The van der Waals surface area contributed by atoms with Crippen LogP contribution in [0.2, 0.25) is 0 Å². The Morgan fingerprint density at radius 2 is 1.77 bits per heavy atom. The summed E-state index contributed by atoms with van der Waals surface area (Å²) in [7, 11) is 0. The van der Waals surface area contributed by atoms with E-state index in [0.29, 0.717) is 6.54 Å². The van der Waals surface area contributed by atoms with Gasteiger partial charge < -0.3 is 9.88 Å². The van der Waals surface area contributed by atoms with Crippen LogP contribution in [0.25, 0.3) is 11.8 Å². The fraction of sp³-hybridized carbons (Fsp3) is 0.160. The van der Waals surface area contributed by atoms with Crippen LogP contribution in [0.15, 0.2) is 85.5 Å². The van der Waals surface area contributed by atoms with E-state index in [9.17, 15) is 4.79 Å². The van der Waals surface area contributed by atoms with Crippen LogP contribution >= 0.6 is 0 Å². The number of aromatic nitrogens is 4. The minimum Gasteiger partial charge on any atom is -0.344 e. The van der Waals surface area contributed by atoms with Crippen molar-refractivity contribution in [1.82, 2.24) is 24.6 Å². The topological polar surface area (TPSA) is 64.7 Å². The van der Waals surface area contributed by atoms with Gasteiger partial charge in [0.1, 0.15) is 12.7 Å². The van der Waals surface area contributed by atoms with E-state index in [4.69, 9.17) is 0 Å². The van der Waals surface area contributed by atoms with Gasteiger partial charge in [-0.25, -0.2) is 4.98 Å². The van der Waals surface area contributed by atoms with Gasteiger partial charge in [0.05, 0.1) is 12.6 Å². The summed E-state index contributed by atoms with van der Waals surface area (Å²) in [6.07, 6.45) is 6.60. The molecule has 1 amide bonds. The van der Waals surface area contributed by atoms with Crippen molar-refractivity contribution in [1.29, 1.82) is 0 Å². The number of hydrogen-bond acceptors (Lipinski definition) is 3. The van der Waals surface area contributed by atoms with Crippen LogP contribution in [0, 0.1) is 13.8 Å². The molecule has 0 bridgehead atoms. The quantitative estimate of drug-likeness (QED) is 0.462. The van der Waals surface area contributed by atoms with E-state index in [2.05, 4.69) is 52.0 Å². The second-order valence-corrected chi connectivity index (χ2v) is 7.42. The lowest BCUT2D eigenvalue weighted by Crippen LogP contribution is -2.30. The summed E-state index contributed by atoms with van der Waals surface area (Å²) >= 11 is 0. The number of aryl methyl sites for hydroxylation is 1. The van der Waals surface area contributed by atoms with Crippen LogP contribution in [-0.2, 0) is 11.3 Å². The molecule has 0 aliphatic carbocycles. The first-order valence-corrected chi connectivity index (χ1v) is 10.2. The number of amides is 1. The van der Waals surface area contributed by atoms with Crippen molar-refractivity contribution in [3.63, 3.8) is 0 Å². The first-order valence-electron chi connectivity index (χ1n) is 10.2. The summed E-state index contributed by atoms with van der Waals surface area (Å²) in [5, 5.41) is 7.26. The summed E-state index contributed by atoms with van der Waals surface area (Å²) in [5.41, 5.74) is 5.36. The molecule has 0 saturated heterocycles. The zero-order valence-corrected chi connectivity index (χ0v) is 17.6. The first kappa shape index (κ1) is 20.3. The molecule has 0 spiro atoms. The van der Waals surface area contributed by atoms with Crippen molar-refractivity contribution < 1.29 is 4.79 Å². The lowest BCUT2D eigenvalue weighted by Gasteiger charge is -2.18. The smallest absolute Gasteiger partial charge is 0.244 e. The summed E-state index contributed by atoms with van der Waals surface area (Å²) in [5.74, 6) is -0.154. The second kappa shape index (κ2) is 9.26. The monoisotopic (exact) mass is 411 g/mol. The minimum absolute atomic E-state index is 0.154. The molecule has 2 aromatic carbocycles. The summed E-state index contributed by atoms with van der Waals surface area (Å²) in [6.45, 7) is 4.64. The minimum atomic E-state index is -0.211. The van der Waals surface area contributed by atoms with Gasteiger partial charge in [-0.15, -0.1) is 0 Å². The Kier molecular flexibility index (Phi) is 6.08. The molecule has 4 aromatic rings. The summed E-state index contributed by atoms with van der Waals surface area (Å²) < 4.78 is 3.91. The number of nitrogens with one attached hydrogen (secondary N) is 1. The number of nitrogens with zero attached hydrogens (tertiary/aromatic N) is 4. The Hall–Kier alpha value is -3.93. The third kappa shape index (κ3) is 4.80. The van der Waals surface area contributed by atoms with Crippen molar-refractivity contribution in [2.45, 2.75) is 26.4 Å². The van der Waals surface area contributed by atoms with Crippen LogP contribution in [0.1, 0.15) is 28.6 Å². The molecular formula is C25H25N5O. The highest BCUT2D eigenvalue weighted by Gasteiger charge is 2.15. The largest absolute Gasteiger partial charge is 0.344 e. The van der Waals surface area contributed by atoms with Crippen molar-refractivity contribution in [2.75, 3.05) is 0 Å². The number of benzene rings is 2. The molecule has 0 fully saturated rings. The molecule has 31 heavy (non-hydrogen) atoms. The molecule has 1 N–H and O–H groups in total. The first-order chi connectivity index (χ1) is 15.1. The van der Waals surface area contributed by atoms with E-state index in [1.54, 1.807) is 17.1 Å². The van der Waals surface area contributed by atoms with Crippen LogP contribution in [-0.4, -0.2) is 25.2 Å². The van der Waals surface area contributed by atoms with E-state index in [0.717, 1.165) is 28.2 Å². The average Bonchev–Trinajstić information content (AvgIpc) is 3.40. The van der Waals surface area contributed by atoms with Crippen molar-refractivity contribution >= 4 is 12.0 Å². The van der Waals surface area contributed by atoms with E-state index in [1.165, 1.54) is 6.33 Å². The number of rotatable bonds is 7. The molecule has 1 atom stereocenters. The molecule has 2 heterocycles. The van der Waals surface area contributed by atoms with E-state index >= 15 is 0 Å². The van der Waals surface area contributed by atoms with Gasteiger partial charge in [-0.3, -0.25) is 9.48 Å². The van der Waals surface area contributed by atoms with Crippen LogP contribution in [0.4, 0.5) is 0 Å². The fourth-order valence-electron chi connectivity index (χ4n) is 3.75. The molecule has 0 aliphatic heterocycles. The highest BCUT2D eigenvalue weighted by Crippen LogP contribution is 2.22. The SMILES string of the molecule is Cc1cc(/C=C/C(=O)NC(Cn2cncn2)c2ccccc2)c(C)n1-c1ccccc1. The Balaban J connectivity index is 1.52. The normalized spacial score (nSPS) is 12.2. The number of para-hydroxylation sites is 1. The third-order valence-electron chi connectivity index (χ3n) is 5.25. The van der Waals surface area contributed by atoms with Crippen LogP contribution < -0.4 is 5.32 Å². The molecule has 6 nitrogen and oxygen atoms in total. The lowest BCUT2D eigenvalue weighted by atomic mass is 10.1. The maximum Gasteiger partial charge on any atom is 0.244 e.